The smallest absolute Gasteiger partial charge is 0.264 e. The molecule has 0 aliphatic carbocycles. The van der Waals surface area contributed by atoms with E-state index >= 15 is 0 Å². The maximum absolute atomic E-state index is 12.4. The van der Waals surface area contributed by atoms with Gasteiger partial charge in [0, 0.05) is 16.5 Å². The van der Waals surface area contributed by atoms with Gasteiger partial charge in [-0.15, -0.1) is 0 Å². The molecule has 0 spiro atoms. The highest BCUT2D eigenvalue weighted by molar-refractivity contribution is 9.10. The van der Waals surface area contributed by atoms with Gasteiger partial charge in [0.2, 0.25) is 0 Å². The van der Waals surface area contributed by atoms with Crippen molar-refractivity contribution in [2.24, 2.45) is 0 Å². The van der Waals surface area contributed by atoms with Crippen molar-refractivity contribution < 1.29 is 8.78 Å². The molecule has 0 aliphatic heterocycles. The Morgan fingerprint density at radius 2 is 2.15 bits per heavy atom. The Morgan fingerprint density at radius 1 is 1.54 bits per heavy atom. The topological polar surface area (TPSA) is 38.9 Å². The SMILES string of the molecule is Nc1cc(C(F)F)c(CBr)c(Br)n1. The molecule has 0 bridgehead atoms. The number of pyridine rings is 1. The highest BCUT2D eigenvalue weighted by Gasteiger charge is 2.16. The molecule has 0 aromatic carbocycles. The predicted octanol–water partition coefficient (Wildman–Crippen LogP) is 3.26. The average Bonchev–Trinajstić information content (AvgIpc) is 2.02. The molecule has 2 nitrogen and oxygen atoms in total. The summed E-state index contributed by atoms with van der Waals surface area (Å²) in [5, 5.41) is 0.320. The lowest BCUT2D eigenvalue weighted by Gasteiger charge is -2.08. The van der Waals surface area contributed by atoms with Gasteiger partial charge in [0.15, 0.2) is 0 Å². The van der Waals surface area contributed by atoms with E-state index in [1.165, 1.54) is 6.07 Å². The van der Waals surface area contributed by atoms with Crippen LogP contribution in [-0.4, -0.2) is 4.98 Å². The van der Waals surface area contributed by atoms with Crippen LogP contribution >= 0.6 is 31.9 Å². The highest BCUT2D eigenvalue weighted by atomic mass is 79.9. The zero-order chi connectivity index (χ0) is 10.0. The van der Waals surface area contributed by atoms with Crippen LogP contribution in [0, 0.1) is 0 Å². The molecule has 6 heteroatoms. The molecule has 1 heterocycles. The fraction of sp³-hybridized carbons (Fsp3) is 0.286. The van der Waals surface area contributed by atoms with Crippen LogP contribution in [0.25, 0.3) is 0 Å². The van der Waals surface area contributed by atoms with E-state index in [-0.39, 0.29) is 11.4 Å². The summed E-state index contributed by atoms with van der Waals surface area (Å²) in [6.07, 6.45) is -2.53. The standard InChI is InChI=1S/C7H6Br2F2N2/c8-2-4-3(7(10)11)1-5(12)13-6(4)9/h1,7H,2H2,(H2,12,13). The van der Waals surface area contributed by atoms with Crippen LogP contribution in [0.5, 0.6) is 0 Å². The number of nitrogens with zero attached hydrogens (tertiary/aromatic N) is 1. The fourth-order valence-corrected chi connectivity index (χ4v) is 2.45. The number of hydrogen-bond acceptors (Lipinski definition) is 2. The van der Waals surface area contributed by atoms with Crippen molar-refractivity contribution in [2.75, 3.05) is 5.73 Å². The quantitative estimate of drug-likeness (QED) is 0.672. The number of anilines is 1. The molecule has 1 aromatic rings. The number of aromatic nitrogens is 1. The molecule has 0 amide bonds. The van der Waals surface area contributed by atoms with Crippen LogP contribution < -0.4 is 5.73 Å². The Bertz CT molecular complexity index is 318. The summed E-state index contributed by atoms with van der Waals surface area (Å²) < 4.78 is 25.3. The zero-order valence-corrected chi connectivity index (χ0v) is 9.57. The molecule has 1 aromatic heterocycles. The number of rotatable bonds is 2. The van der Waals surface area contributed by atoms with E-state index in [4.69, 9.17) is 5.73 Å². The summed E-state index contributed by atoms with van der Waals surface area (Å²) in [5.74, 6) is 0.0897. The van der Waals surface area contributed by atoms with E-state index in [9.17, 15) is 8.78 Å². The minimum atomic E-state index is -2.53. The van der Waals surface area contributed by atoms with Crippen molar-refractivity contribution in [3.05, 3.63) is 21.8 Å². The Labute approximate surface area is 90.8 Å². The Hall–Kier alpha value is -0.230. The largest absolute Gasteiger partial charge is 0.384 e. The summed E-state index contributed by atoms with van der Waals surface area (Å²) in [6, 6.07) is 1.19. The number of nitrogen functional groups attached to an aromatic ring is 1. The Morgan fingerprint density at radius 3 is 2.62 bits per heavy atom. The fourth-order valence-electron chi connectivity index (χ4n) is 0.906. The van der Waals surface area contributed by atoms with Gasteiger partial charge in [0.05, 0.1) is 0 Å². The zero-order valence-electron chi connectivity index (χ0n) is 6.40. The molecule has 2 N–H and O–H groups in total. The number of alkyl halides is 3. The van der Waals surface area contributed by atoms with Crippen LogP contribution in [0.1, 0.15) is 17.6 Å². The first-order chi connectivity index (χ1) is 6.06. The lowest BCUT2D eigenvalue weighted by molar-refractivity contribution is 0.150. The molecule has 0 atom stereocenters. The van der Waals surface area contributed by atoms with Crippen molar-refractivity contribution in [2.45, 2.75) is 11.8 Å². The van der Waals surface area contributed by atoms with Crippen molar-refractivity contribution in [1.82, 2.24) is 4.98 Å². The molecule has 0 radical (unpaired) electrons. The summed E-state index contributed by atoms with van der Waals surface area (Å²) in [4.78, 5) is 3.82. The molecule has 1 rings (SSSR count). The molecule has 0 saturated carbocycles. The van der Waals surface area contributed by atoms with E-state index in [0.717, 1.165) is 0 Å². The normalized spacial score (nSPS) is 10.8. The Kier molecular flexibility index (Phi) is 3.61. The number of hydrogen-bond donors (Lipinski definition) is 1. The maximum atomic E-state index is 12.4. The minimum Gasteiger partial charge on any atom is -0.384 e. The second-order valence-electron chi connectivity index (χ2n) is 2.34. The van der Waals surface area contributed by atoms with Crippen LogP contribution in [0.4, 0.5) is 14.6 Å². The van der Waals surface area contributed by atoms with Gasteiger partial charge in [-0.3, -0.25) is 0 Å². The van der Waals surface area contributed by atoms with Gasteiger partial charge in [0.1, 0.15) is 10.4 Å². The second-order valence-corrected chi connectivity index (χ2v) is 3.65. The van der Waals surface area contributed by atoms with E-state index in [0.29, 0.717) is 15.5 Å². The van der Waals surface area contributed by atoms with Gasteiger partial charge in [-0.25, -0.2) is 13.8 Å². The van der Waals surface area contributed by atoms with Crippen molar-refractivity contribution in [3.8, 4) is 0 Å². The Balaban J connectivity index is 3.29. The average molecular weight is 316 g/mol. The van der Waals surface area contributed by atoms with Gasteiger partial charge >= 0.3 is 0 Å². The maximum Gasteiger partial charge on any atom is 0.264 e. The molecule has 0 aliphatic rings. The third-order valence-corrected chi connectivity index (χ3v) is 2.71. The van der Waals surface area contributed by atoms with Gasteiger partial charge in [-0.05, 0) is 22.0 Å². The summed E-state index contributed by atoms with van der Waals surface area (Å²) in [7, 11) is 0. The highest BCUT2D eigenvalue weighted by Crippen LogP contribution is 2.30. The minimum absolute atomic E-state index is 0.0868. The summed E-state index contributed by atoms with van der Waals surface area (Å²) in [6.45, 7) is 0. The van der Waals surface area contributed by atoms with Gasteiger partial charge in [-0.2, -0.15) is 0 Å². The van der Waals surface area contributed by atoms with E-state index < -0.39 is 6.43 Å². The van der Waals surface area contributed by atoms with Crippen molar-refractivity contribution >= 4 is 37.7 Å². The molecule has 0 saturated heterocycles. The number of nitrogens with two attached hydrogens (primary N) is 1. The first-order valence-electron chi connectivity index (χ1n) is 3.35. The molecular weight excluding hydrogens is 310 g/mol. The van der Waals surface area contributed by atoms with Crippen LogP contribution in [-0.2, 0) is 5.33 Å². The predicted molar refractivity (Wildman–Crippen MR) is 53.9 cm³/mol. The summed E-state index contributed by atoms with van der Waals surface area (Å²) in [5.41, 5.74) is 5.68. The van der Waals surface area contributed by atoms with Gasteiger partial charge in [-0.1, -0.05) is 15.9 Å². The van der Waals surface area contributed by atoms with Crippen molar-refractivity contribution in [1.29, 1.82) is 0 Å². The van der Waals surface area contributed by atoms with Crippen molar-refractivity contribution in [3.63, 3.8) is 0 Å². The van der Waals surface area contributed by atoms with Crippen LogP contribution in [0.3, 0.4) is 0 Å². The molecular formula is C7H6Br2F2N2. The lowest BCUT2D eigenvalue weighted by atomic mass is 10.1. The summed E-state index contributed by atoms with van der Waals surface area (Å²) >= 11 is 6.18. The van der Waals surface area contributed by atoms with Crippen LogP contribution in [0.15, 0.2) is 10.7 Å². The lowest BCUT2D eigenvalue weighted by Crippen LogP contribution is -2.00. The van der Waals surface area contributed by atoms with Gasteiger partial charge in [0.25, 0.3) is 6.43 Å². The first kappa shape index (κ1) is 10.8. The molecule has 72 valence electrons. The first-order valence-corrected chi connectivity index (χ1v) is 5.26. The number of halogens is 4. The monoisotopic (exact) mass is 314 g/mol. The van der Waals surface area contributed by atoms with E-state index in [1.807, 2.05) is 0 Å². The molecule has 0 unspecified atom stereocenters. The third-order valence-electron chi connectivity index (χ3n) is 1.50. The van der Waals surface area contributed by atoms with E-state index in [2.05, 4.69) is 36.8 Å². The van der Waals surface area contributed by atoms with E-state index in [1.54, 1.807) is 0 Å². The second kappa shape index (κ2) is 4.32. The van der Waals surface area contributed by atoms with Gasteiger partial charge < -0.3 is 5.73 Å². The molecule has 13 heavy (non-hydrogen) atoms. The molecule has 0 fully saturated rings. The van der Waals surface area contributed by atoms with Crippen LogP contribution in [0.2, 0.25) is 0 Å². The third kappa shape index (κ3) is 2.37.